The summed E-state index contributed by atoms with van der Waals surface area (Å²) in [6.45, 7) is 0.113. The lowest BCUT2D eigenvalue weighted by Crippen LogP contribution is -2.21. The average Bonchev–Trinajstić information content (AvgIpc) is 3.39. The minimum Gasteiger partial charge on any atom is -0.365 e. The number of benzene rings is 1. The molecule has 2 heterocycles. The number of nitrogens with one attached hydrogen (secondary N) is 2. The van der Waals surface area contributed by atoms with Crippen LogP contribution in [-0.2, 0) is 27.3 Å². The van der Waals surface area contributed by atoms with E-state index in [-0.39, 0.29) is 18.6 Å². The zero-order valence-corrected chi connectivity index (χ0v) is 18.0. The van der Waals surface area contributed by atoms with Gasteiger partial charge in [0.25, 0.3) is 0 Å². The topological polar surface area (TPSA) is 136 Å². The Morgan fingerprint density at radius 3 is 2.94 bits per heavy atom. The van der Waals surface area contributed by atoms with Crippen LogP contribution in [0.25, 0.3) is 22.6 Å². The van der Waals surface area contributed by atoms with Gasteiger partial charge in [0, 0.05) is 11.6 Å². The van der Waals surface area contributed by atoms with E-state index in [4.69, 9.17) is 14.3 Å². The lowest BCUT2D eigenvalue weighted by Gasteiger charge is -2.18. The van der Waals surface area contributed by atoms with Gasteiger partial charge in [-0.05, 0) is 62.0 Å². The van der Waals surface area contributed by atoms with Crippen molar-refractivity contribution in [1.82, 2.24) is 19.9 Å². The summed E-state index contributed by atoms with van der Waals surface area (Å²) in [5.41, 5.74) is 5.35. The largest absolute Gasteiger partial charge is 0.365 e. The number of aromatic nitrogens is 4. The van der Waals surface area contributed by atoms with E-state index in [1.807, 2.05) is 0 Å². The van der Waals surface area contributed by atoms with Crippen LogP contribution in [0.15, 0.2) is 24.5 Å². The standard InChI is InChI=1S/C21H26N6O3S/c22-31(28,29)30-11-13-8-9-15(10-13)25-20-18-21(24-12-23-20)27-19(26-18)17-7-3-5-14-4-1-2-6-16(14)17/h3,5,7,12-13,15H,1-2,4,6,8-11H2,(H2,22,28,29)(H2,23,24,25,26,27)/t13-,15-/m0/s1. The predicted molar refractivity (Wildman–Crippen MR) is 118 cm³/mol. The molecule has 0 bridgehead atoms. The van der Waals surface area contributed by atoms with E-state index in [0.717, 1.165) is 49.0 Å². The van der Waals surface area contributed by atoms with E-state index in [2.05, 4.69) is 38.5 Å². The molecule has 0 radical (unpaired) electrons. The predicted octanol–water partition coefficient (Wildman–Crippen LogP) is 2.70. The van der Waals surface area contributed by atoms with Crippen molar-refractivity contribution in [1.29, 1.82) is 0 Å². The zero-order valence-electron chi connectivity index (χ0n) is 17.2. The highest BCUT2D eigenvalue weighted by Gasteiger charge is 2.27. The first-order valence-corrected chi connectivity index (χ1v) is 12.2. The molecule has 2 aromatic heterocycles. The summed E-state index contributed by atoms with van der Waals surface area (Å²) in [6, 6.07) is 6.59. The van der Waals surface area contributed by atoms with Crippen LogP contribution in [0.4, 0.5) is 5.82 Å². The van der Waals surface area contributed by atoms with Crippen molar-refractivity contribution in [2.45, 2.75) is 51.0 Å². The summed E-state index contributed by atoms with van der Waals surface area (Å²) in [5.74, 6) is 1.65. The van der Waals surface area contributed by atoms with Crippen LogP contribution in [0.1, 0.15) is 43.2 Å². The molecule has 5 rings (SSSR count). The highest BCUT2D eigenvalue weighted by Crippen LogP contribution is 2.33. The minimum absolute atomic E-state index is 0.113. The number of rotatable bonds is 6. The van der Waals surface area contributed by atoms with E-state index in [1.54, 1.807) is 0 Å². The van der Waals surface area contributed by atoms with Gasteiger partial charge in [-0.1, -0.05) is 18.2 Å². The van der Waals surface area contributed by atoms with Crippen LogP contribution in [0.5, 0.6) is 0 Å². The Bertz CT molecular complexity index is 1210. The number of fused-ring (bicyclic) bond motifs is 2. The zero-order chi connectivity index (χ0) is 21.4. The number of H-pyrrole nitrogens is 1. The van der Waals surface area contributed by atoms with Gasteiger partial charge in [0.1, 0.15) is 12.2 Å². The highest BCUT2D eigenvalue weighted by atomic mass is 32.2. The first-order chi connectivity index (χ1) is 15.0. The van der Waals surface area contributed by atoms with E-state index >= 15 is 0 Å². The van der Waals surface area contributed by atoms with E-state index < -0.39 is 10.3 Å². The number of nitrogens with two attached hydrogens (primary N) is 1. The number of hydrogen-bond donors (Lipinski definition) is 3. The molecule has 1 saturated carbocycles. The molecule has 2 atom stereocenters. The molecule has 1 fully saturated rings. The third-order valence-corrected chi connectivity index (χ3v) is 6.75. The van der Waals surface area contributed by atoms with E-state index in [1.165, 1.54) is 30.3 Å². The normalized spacial score (nSPS) is 21.3. The lowest BCUT2D eigenvalue weighted by molar-refractivity contribution is 0.256. The van der Waals surface area contributed by atoms with Gasteiger partial charge in [-0.2, -0.15) is 8.42 Å². The maximum absolute atomic E-state index is 11.0. The third-order valence-electron chi connectivity index (χ3n) is 6.28. The van der Waals surface area contributed by atoms with Crippen molar-refractivity contribution in [2.75, 3.05) is 11.9 Å². The molecule has 3 aromatic rings. The van der Waals surface area contributed by atoms with Gasteiger partial charge >= 0.3 is 10.3 Å². The molecule has 0 aliphatic heterocycles. The van der Waals surface area contributed by atoms with Crippen molar-refractivity contribution in [3.63, 3.8) is 0 Å². The Morgan fingerprint density at radius 1 is 1.19 bits per heavy atom. The molecule has 0 unspecified atom stereocenters. The summed E-state index contributed by atoms with van der Waals surface area (Å²) < 4.78 is 26.8. The van der Waals surface area contributed by atoms with Gasteiger partial charge in [-0.25, -0.2) is 20.1 Å². The van der Waals surface area contributed by atoms with Crippen LogP contribution < -0.4 is 10.5 Å². The number of aryl methyl sites for hydroxylation is 1. The molecule has 10 heteroatoms. The van der Waals surface area contributed by atoms with Crippen LogP contribution in [0.3, 0.4) is 0 Å². The molecule has 0 spiro atoms. The number of hydrogen-bond acceptors (Lipinski definition) is 7. The van der Waals surface area contributed by atoms with Crippen molar-refractivity contribution >= 4 is 27.3 Å². The Balaban J connectivity index is 1.37. The van der Waals surface area contributed by atoms with E-state index in [0.29, 0.717) is 11.5 Å². The third kappa shape index (κ3) is 4.41. The second kappa shape index (κ2) is 8.18. The number of aromatic amines is 1. The minimum atomic E-state index is -3.90. The van der Waals surface area contributed by atoms with Crippen molar-refractivity contribution in [2.24, 2.45) is 11.1 Å². The summed E-state index contributed by atoms with van der Waals surface area (Å²) in [7, 11) is -3.90. The molecule has 164 valence electrons. The molecular formula is C21H26N6O3S. The number of anilines is 1. The van der Waals surface area contributed by atoms with Gasteiger partial charge in [-0.15, -0.1) is 0 Å². The molecule has 31 heavy (non-hydrogen) atoms. The maximum atomic E-state index is 11.0. The Morgan fingerprint density at radius 2 is 2.06 bits per heavy atom. The van der Waals surface area contributed by atoms with Crippen molar-refractivity contribution < 1.29 is 12.6 Å². The molecule has 2 aliphatic rings. The maximum Gasteiger partial charge on any atom is 0.333 e. The Labute approximate surface area is 181 Å². The van der Waals surface area contributed by atoms with Crippen LogP contribution >= 0.6 is 0 Å². The molecule has 2 aliphatic carbocycles. The van der Waals surface area contributed by atoms with Gasteiger partial charge in [0.05, 0.1) is 6.61 Å². The molecule has 0 amide bonds. The molecule has 1 aromatic carbocycles. The fourth-order valence-electron chi connectivity index (χ4n) is 4.81. The van der Waals surface area contributed by atoms with Crippen LogP contribution in [0, 0.1) is 5.92 Å². The van der Waals surface area contributed by atoms with Gasteiger partial charge in [-0.3, -0.25) is 4.18 Å². The monoisotopic (exact) mass is 442 g/mol. The highest BCUT2D eigenvalue weighted by molar-refractivity contribution is 7.84. The van der Waals surface area contributed by atoms with Gasteiger partial charge in [0.2, 0.25) is 0 Å². The first-order valence-electron chi connectivity index (χ1n) is 10.7. The van der Waals surface area contributed by atoms with Gasteiger partial charge < -0.3 is 10.3 Å². The van der Waals surface area contributed by atoms with Crippen molar-refractivity contribution in [3.05, 3.63) is 35.7 Å². The fraction of sp³-hybridized carbons (Fsp3) is 0.476. The average molecular weight is 443 g/mol. The summed E-state index contributed by atoms with van der Waals surface area (Å²) in [4.78, 5) is 17.0. The smallest absolute Gasteiger partial charge is 0.333 e. The number of imidazole rings is 1. The second-order valence-corrected chi connectivity index (χ2v) is 9.67. The molecule has 0 saturated heterocycles. The van der Waals surface area contributed by atoms with Crippen LogP contribution in [-0.4, -0.2) is 41.0 Å². The van der Waals surface area contributed by atoms with Crippen molar-refractivity contribution in [3.8, 4) is 11.4 Å². The Kier molecular flexibility index (Phi) is 5.37. The summed E-state index contributed by atoms with van der Waals surface area (Å²) in [5, 5.41) is 8.40. The van der Waals surface area contributed by atoms with Crippen LogP contribution in [0.2, 0.25) is 0 Å². The van der Waals surface area contributed by atoms with E-state index in [9.17, 15) is 8.42 Å². The molecule has 4 N–H and O–H groups in total. The summed E-state index contributed by atoms with van der Waals surface area (Å²) >= 11 is 0. The fourth-order valence-corrected chi connectivity index (χ4v) is 5.19. The SMILES string of the molecule is NS(=O)(=O)OC[C@H]1CC[C@H](Nc2ncnc3[nH]c(-c4cccc5c4CCCC5)nc23)C1. The van der Waals surface area contributed by atoms with Gasteiger partial charge in [0.15, 0.2) is 17.0 Å². The Hall–Kier alpha value is -2.56. The lowest BCUT2D eigenvalue weighted by atomic mass is 9.88. The second-order valence-electron chi connectivity index (χ2n) is 8.45. The number of nitrogens with zero attached hydrogens (tertiary/aromatic N) is 3. The molecule has 9 nitrogen and oxygen atoms in total. The first kappa shape index (κ1) is 20.3. The molecular weight excluding hydrogens is 416 g/mol. The quantitative estimate of drug-likeness (QED) is 0.534. The summed E-state index contributed by atoms with van der Waals surface area (Å²) in [6.07, 6.45) is 8.71.